The van der Waals surface area contributed by atoms with Gasteiger partial charge in [0.05, 0.1) is 5.56 Å². The number of aromatic carboxylic acids is 1. The molecule has 2 aromatic rings. The van der Waals surface area contributed by atoms with Crippen LogP contribution in [0.5, 0.6) is 0 Å². The van der Waals surface area contributed by atoms with Crippen molar-refractivity contribution in [2.45, 2.75) is 13.3 Å². The standard InChI is InChI=1S/C16H16FNO2/c1-3-11-4-6-12(7-5-11)18(2)13-8-9-14(16(19)20)15(17)10-13/h4-10H,3H2,1-2H3,(H,19,20). The van der Waals surface area contributed by atoms with Gasteiger partial charge in [-0.1, -0.05) is 19.1 Å². The molecule has 0 amide bonds. The Morgan fingerprint density at radius 3 is 2.25 bits per heavy atom. The summed E-state index contributed by atoms with van der Waals surface area (Å²) in [5, 5.41) is 8.82. The van der Waals surface area contributed by atoms with E-state index in [4.69, 9.17) is 5.11 Å². The van der Waals surface area contributed by atoms with Crippen molar-refractivity contribution in [3.8, 4) is 0 Å². The zero-order valence-corrected chi connectivity index (χ0v) is 11.4. The molecule has 0 bridgehead atoms. The molecule has 0 aliphatic heterocycles. The molecule has 0 fully saturated rings. The van der Waals surface area contributed by atoms with Gasteiger partial charge in [0.25, 0.3) is 0 Å². The highest BCUT2D eigenvalue weighted by Crippen LogP contribution is 2.25. The molecule has 3 nitrogen and oxygen atoms in total. The predicted molar refractivity (Wildman–Crippen MR) is 77.2 cm³/mol. The second-order valence-corrected chi connectivity index (χ2v) is 4.55. The van der Waals surface area contributed by atoms with Gasteiger partial charge in [-0.2, -0.15) is 0 Å². The van der Waals surface area contributed by atoms with Crippen LogP contribution in [0.25, 0.3) is 0 Å². The Labute approximate surface area is 117 Å². The molecule has 4 heteroatoms. The van der Waals surface area contributed by atoms with E-state index in [9.17, 15) is 9.18 Å². The first-order valence-corrected chi connectivity index (χ1v) is 6.38. The summed E-state index contributed by atoms with van der Waals surface area (Å²) in [7, 11) is 1.82. The van der Waals surface area contributed by atoms with E-state index in [0.29, 0.717) is 5.69 Å². The first kappa shape index (κ1) is 14.1. The number of nitrogens with zero attached hydrogens (tertiary/aromatic N) is 1. The number of carboxylic acids is 1. The Bertz CT molecular complexity index is 623. The fraction of sp³-hybridized carbons (Fsp3) is 0.188. The summed E-state index contributed by atoms with van der Waals surface area (Å²) in [5.41, 5.74) is 2.44. The van der Waals surface area contributed by atoms with Gasteiger partial charge in [0.2, 0.25) is 0 Å². The molecule has 0 heterocycles. The summed E-state index contributed by atoms with van der Waals surface area (Å²) < 4.78 is 13.7. The van der Waals surface area contributed by atoms with Crippen molar-refractivity contribution >= 4 is 17.3 Å². The van der Waals surface area contributed by atoms with E-state index in [1.807, 2.05) is 36.2 Å². The van der Waals surface area contributed by atoms with Gasteiger partial charge in [-0.3, -0.25) is 0 Å². The SMILES string of the molecule is CCc1ccc(N(C)c2ccc(C(=O)O)c(F)c2)cc1. The van der Waals surface area contributed by atoms with E-state index in [1.165, 1.54) is 17.7 Å². The Morgan fingerprint density at radius 1 is 1.15 bits per heavy atom. The molecular weight excluding hydrogens is 257 g/mol. The molecule has 0 radical (unpaired) electrons. The van der Waals surface area contributed by atoms with Crippen molar-refractivity contribution in [3.63, 3.8) is 0 Å². The van der Waals surface area contributed by atoms with Crippen LogP contribution in [0.3, 0.4) is 0 Å². The average molecular weight is 273 g/mol. The minimum Gasteiger partial charge on any atom is -0.478 e. The zero-order chi connectivity index (χ0) is 14.7. The first-order chi connectivity index (χ1) is 9.52. The third-order valence-electron chi connectivity index (χ3n) is 3.30. The number of anilines is 2. The number of halogens is 1. The van der Waals surface area contributed by atoms with Gasteiger partial charge in [0.15, 0.2) is 0 Å². The third kappa shape index (κ3) is 2.79. The molecule has 0 atom stereocenters. The van der Waals surface area contributed by atoms with E-state index < -0.39 is 11.8 Å². The molecule has 0 aliphatic rings. The van der Waals surface area contributed by atoms with Crippen molar-refractivity contribution in [2.75, 3.05) is 11.9 Å². The van der Waals surface area contributed by atoms with Crippen LogP contribution in [0.15, 0.2) is 42.5 Å². The lowest BCUT2D eigenvalue weighted by molar-refractivity contribution is 0.0692. The monoisotopic (exact) mass is 273 g/mol. The van der Waals surface area contributed by atoms with E-state index in [2.05, 4.69) is 6.92 Å². The molecule has 2 aromatic carbocycles. The maximum Gasteiger partial charge on any atom is 0.338 e. The summed E-state index contributed by atoms with van der Waals surface area (Å²) >= 11 is 0. The van der Waals surface area contributed by atoms with Crippen LogP contribution in [0.1, 0.15) is 22.8 Å². The van der Waals surface area contributed by atoms with Crippen molar-refractivity contribution in [3.05, 3.63) is 59.4 Å². The van der Waals surface area contributed by atoms with Crippen molar-refractivity contribution in [1.29, 1.82) is 0 Å². The Morgan fingerprint density at radius 2 is 1.75 bits per heavy atom. The fourth-order valence-corrected chi connectivity index (χ4v) is 1.99. The van der Waals surface area contributed by atoms with Crippen molar-refractivity contribution in [2.24, 2.45) is 0 Å². The van der Waals surface area contributed by atoms with Crippen LogP contribution < -0.4 is 4.90 Å². The number of benzene rings is 2. The van der Waals surface area contributed by atoms with E-state index in [-0.39, 0.29) is 5.56 Å². The van der Waals surface area contributed by atoms with Crippen LogP contribution in [0.4, 0.5) is 15.8 Å². The Balaban J connectivity index is 2.30. The minimum atomic E-state index is -1.26. The number of carbonyl (C=O) groups is 1. The van der Waals surface area contributed by atoms with Crippen LogP contribution in [0, 0.1) is 5.82 Å². The van der Waals surface area contributed by atoms with Gasteiger partial charge < -0.3 is 10.0 Å². The lowest BCUT2D eigenvalue weighted by atomic mass is 10.1. The Kier molecular flexibility index (Phi) is 4.03. The number of hydrogen-bond acceptors (Lipinski definition) is 2. The first-order valence-electron chi connectivity index (χ1n) is 6.38. The summed E-state index contributed by atoms with van der Waals surface area (Å²) in [5.74, 6) is -1.99. The summed E-state index contributed by atoms with van der Waals surface area (Å²) in [6.07, 6.45) is 0.964. The third-order valence-corrected chi connectivity index (χ3v) is 3.30. The lowest BCUT2D eigenvalue weighted by Gasteiger charge is -2.20. The topological polar surface area (TPSA) is 40.5 Å². The van der Waals surface area contributed by atoms with Crippen LogP contribution >= 0.6 is 0 Å². The van der Waals surface area contributed by atoms with Crippen molar-refractivity contribution in [1.82, 2.24) is 0 Å². The average Bonchev–Trinajstić information content (AvgIpc) is 2.46. The highest BCUT2D eigenvalue weighted by molar-refractivity contribution is 5.88. The van der Waals surface area contributed by atoms with Gasteiger partial charge in [-0.15, -0.1) is 0 Å². The van der Waals surface area contributed by atoms with Gasteiger partial charge >= 0.3 is 5.97 Å². The van der Waals surface area contributed by atoms with Gasteiger partial charge in [-0.05, 0) is 42.3 Å². The van der Waals surface area contributed by atoms with Crippen LogP contribution in [0.2, 0.25) is 0 Å². The Hall–Kier alpha value is -2.36. The quantitative estimate of drug-likeness (QED) is 0.919. The smallest absolute Gasteiger partial charge is 0.338 e. The largest absolute Gasteiger partial charge is 0.478 e. The van der Waals surface area contributed by atoms with Gasteiger partial charge in [-0.25, -0.2) is 9.18 Å². The van der Waals surface area contributed by atoms with Crippen LogP contribution in [-0.2, 0) is 6.42 Å². The molecule has 0 saturated carbocycles. The minimum absolute atomic E-state index is 0.316. The lowest BCUT2D eigenvalue weighted by Crippen LogP contribution is -2.11. The maximum atomic E-state index is 13.7. The van der Waals surface area contributed by atoms with E-state index in [0.717, 1.165) is 12.1 Å². The molecule has 0 unspecified atom stereocenters. The molecule has 0 aliphatic carbocycles. The van der Waals surface area contributed by atoms with Gasteiger partial charge in [0, 0.05) is 18.4 Å². The molecule has 2 rings (SSSR count). The normalized spacial score (nSPS) is 10.3. The maximum absolute atomic E-state index is 13.7. The molecule has 20 heavy (non-hydrogen) atoms. The second-order valence-electron chi connectivity index (χ2n) is 4.55. The summed E-state index contributed by atoms with van der Waals surface area (Å²) in [4.78, 5) is 12.6. The molecule has 1 N–H and O–H groups in total. The molecule has 0 spiro atoms. The van der Waals surface area contributed by atoms with Crippen LogP contribution in [-0.4, -0.2) is 18.1 Å². The summed E-state index contributed by atoms with van der Waals surface area (Å²) in [6.45, 7) is 2.08. The van der Waals surface area contributed by atoms with Gasteiger partial charge in [0.1, 0.15) is 5.82 Å². The number of hydrogen-bond donors (Lipinski definition) is 1. The molecule has 0 saturated heterocycles. The fourth-order valence-electron chi connectivity index (χ4n) is 1.99. The van der Waals surface area contributed by atoms with Crippen molar-refractivity contribution < 1.29 is 14.3 Å². The highest BCUT2D eigenvalue weighted by atomic mass is 19.1. The number of aryl methyl sites for hydroxylation is 1. The predicted octanol–water partition coefficient (Wildman–Crippen LogP) is 3.85. The molecule has 0 aromatic heterocycles. The van der Waals surface area contributed by atoms with E-state index in [1.54, 1.807) is 6.07 Å². The number of carboxylic acid groups (broad SMARTS) is 1. The second kappa shape index (κ2) is 5.74. The summed E-state index contributed by atoms with van der Waals surface area (Å²) in [6, 6.07) is 12.1. The molecule has 104 valence electrons. The van der Waals surface area contributed by atoms with E-state index >= 15 is 0 Å². The zero-order valence-electron chi connectivity index (χ0n) is 11.4. The molecular formula is C16H16FNO2. The highest BCUT2D eigenvalue weighted by Gasteiger charge is 2.12. The number of rotatable bonds is 4.